The van der Waals surface area contributed by atoms with Crippen molar-refractivity contribution in [3.8, 4) is 11.1 Å². The summed E-state index contributed by atoms with van der Waals surface area (Å²) in [4.78, 5) is 33.3. The number of rotatable bonds is 4. The van der Waals surface area contributed by atoms with Crippen molar-refractivity contribution in [2.24, 2.45) is 5.92 Å². The second-order valence-electron chi connectivity index (χ2n) is 10.5. The summed E-state index contributed by atoms with van der Waals surface area (Å²) in [6.45, 7) is 0.326. The first kappa shape index (κ1) is 22.2. The molecular weight excluding hydrogens is 460 g/mol. The number of nitrogens with zero attached hydrogens (tertiary/aromatic N) is 2. The molecule has 2 unspecified atom stereocenters. The van der Waals surface area contributed by atoms with E-state index in [1.807, 2.05) is 47.4 Å². The van der Waals surface area contributed by atoms with Gasteiger partial charge in [-0.05, 0) is 60.1 Å². The van der Waals surface area contributed by atoms with Crippen LogP contribution in [-0.2, 0) is 4.74 Å². The number of amides is 1. The van der Waals surface area contributed by atoms with E-state index >= 15 is 0 Å². The summed E-state index contributed by atoms with van der Waals surface area (Å²) in [5, 5.41) is 0.979. The van der Waals surface area contributed by atoms with Crippen molar-refractivity contribution in [2.75, 3.05) is 6.61 Å². The van der Waals surface area contributed by atoms with Gasteiger partial charge in [-0.25, -0.2) is 4.79 Å². The van der Waals surface area contributed by atoms with Crippen LogP contribution in [0.15, 0.2) is 85.1 Å². The van der Waals surface area contributed by atoms with Crippen LogP contribution in [0.3, 0.4) is 0 Å². The van der Waals surface area contributed by atoms with Gasteiger partial charge in [-0.2, -0.15) is 0 Å². The number of para-hydroxylation sites is 1. The summed E-state index contributed by atoms with van der Waals surface area (Å²) >= 11 is 0. The van der Waals surface area contributed by atoms with Gasteiger partial charge >= 0.3 is 6.09 Å². The molecule has 2 bridgehead atoms. The predicted molar refractivity (Wildman–Crippen MR) is 143 cm³/mol. The third-order valence-electron chi connectivity index (χ3n) is 8.55. The fourth-order valence-corrected chi connectivity index (χ4v) is 6.88. The van der Waals surface area contributed by atoms with E-state index < -0.39 is 0 Å². The van der Waals surface area contributed by atoms with Crippen LogP contribution in [0.1, 0.15) is 53.1 Å². The molecule has 4 aromatic rings. The number of hydrogen-bond acceptors (Lipinski definition) is 4. The van der Waals surface area contributed by atoms with E-state index in [2.05, 4.69) is 41.4 Å². The highest BCUT2D eigenvalue weighted by molar-refractivity contribution is 6.07. The van der Waals surface area contributed by atoms with E-state index in [0.29, 0.717) is 25.0 Å². The fraction of sp³-hybridized carbons (Fsp3) is 0.281. The molecule has 37 heavy (non-hydrogen) atoms. The molecule has 1 aliphatic carbocycles. The Kier molecular flexibility index (Phi) is 5.31. The first-order chi connectivity index (χ1) is 18.2. The molecule has 5 nitrogen and oxygen atoms in total. The van der Waals surface area contributed by atoms with Gasteiger partial charge in [-0.1, -0.05) is 66.7 Å². The van der Waals surface area contributed by atoms with Gasteiger partial charge in [-0.3, -0.25) is 9.78 Å². The number of fused-ring (bicyclic) bond motifs is 6. The Hall–Kier alpha value is -3.99. The van der Waals surface area contributed by atoms with Crippen molar-refractivity contribution in [3.05, 3.63) is 102 Å². The minimum absolute atomic E-state index is 0.0475. The highest BCUT2D eigenvalue weighted by Crippen LogP contribution is 2.45. The molecule has 0 N–H and O–H groups in total. The predicted octanol–water partition coefficient (Wildman–Crippen LogP) is 6.61. The standard InChI is InChI=1S/C32H28N2O3/c35-31(28-13-5-7-20-8-6-16-33-30(20)28)21-17-22-14-15-23(18-21)34(22)32(36)37-19-29-26-11-3-1-9-24(26)25-10-2-4-12-27(25)29/h1-13,16,21-23,29H,14-15,17-19H2. The van der Waals surface area contributed by atoms with Crippen molar-refractivity contribution in [1.82, 2.24) is 9.88 Å². The lowest BCUT2D eigenvalue weighted by molar-refractivity contribution is 0.0506. The molecule has 3 aliphatic rings. The lowest BCUT2D eigenvalue weighted by Crippen LogP contribution is -2.48. The lowest BCUT2D eigenvalue weighted by Gasteiger charge is -2.37. The molecule has 2 atom stereocenters. The van der Waals surface area contributed by atoms with Gasteiger partial charge in [0.2, 0.25) is 0 Å². The first-order valence-electron chi connectivity index (χ1n) is 13.2. The van der Waals surface area contributed by atoms with Crippen molar-refractivity contribution in [1.29, 1.82) is 0 Å². The average Bonchev–Trinajstić information content (AvgIpc) is 3.41. The van der Waals surface area contributed by atoms with E-state index in [1.165, 1.54) is 22.3 Å². The lowest BCUT2D eigenvalue weighted by atomic mass is 9.84. The molecule has 0 radical (unpaired) electrons. The van der Waals surface area contributed by atoms with E-state index in [-0.39, 0.29) is 35.8 Å². The normalized spacial score (nSPS) is 22.1. The largest absolute Gasteiger partial charge is 0.448 e. The van der Waals surface area contributed by atoms with Crippen molar-refractivity contribution >= 4 is 22.8 Å². The van der Waals surface area contributed by atoms with Gasteiger partial charge in [-0.15, -0.1) is 0 Å². The van der Waals surface area contributed by atoms with Crippen LogP contribution in [0, 0.1) is 5.92 Å². The van der Waals surface area contributed by atoms with E-state index in [1.54, 1.807) is 6.20 Å². The molecule has 5 heteroatoms. The van der Waals surface area contributed by atoms with Crippen LogP contribution in [0.5, 0.6) is 0 Å². The quantitative estimate of drug-likeness (QED) is 0.303. The Morgan fingerprint density at radius 2 is 1.46 bits per heavy atom. The zero-order chi connectivity index (χ0) is 24.9. The average molecular weight is 489 g/mol. The molecule has 184 valence electrons. The van der Waals surface area contributed by atoms with Crippen LogP contribution < -0.4 is 0 Å². The number of ether oxygens (including phenoxy) is 1. The molecule has 0 saturated carbocycles. The van der Waals surface area contributed by atoms with Gasteiger partial charge in [0, 0.05) is 41.1 Å². The third kappa shape index (κ3) is 3.64. The van der Waals surface area contributed by atoms with Crippen molar-refractivity contribution in [3.63, 3.8) is 0 Å². The molecule has 1 aromatic heterocycles. The van der Waals surface area contributed by atoms with Gasteiger partial charge < -0.3 is 9.64 Å². The van der Waals surface area contributed by atoms with Gasteiger partial charge in [0.05, 0.1) is 5.52 Å². The van der Waals surface area contributed by atoms with Crippen LogP contribution >= 0.6 is 0 Å². The number of carbonyl (C=O) groups is 2. The van der Waals surface area contributed by atoms with Crippen LogP contribution in [0.2, 0.25) is 0 Å². The number of aromatic nitrogens is 1. The molecular formula is C32H28N2O3. The number of ketones is 1. The van der Waals surface area contributed by atoms with Crippen LogP contribution in [0.4, 0.5) is 4.79 Å². The minimum atomic E-state index is -0.243. The first-order valence-corrected chi connectivity index (χ1v) is 13.2. The highest BCUT2D eigenvalue weighted by atomic mass is 16.6. The Bertz CT molecular complexity index is 1460. The van der Waals surface area contributed by atoms with Crippen LogP contribution in [-0.4, -0.2) is 40.5 Å². The second-order valence-corrected chi connectivity index (χ2v) is 10.5. The Morgan fingerprint density at radius 3 is 2.16 bits per heavy atom. The van der Waals surface area contributed by atoms with Gasteiger partial charge in [0.1, 0.15) is 6.61 Å². The summed E-state index contributed by atoms with van der Waals surface area (Å²) in [6, 6.07) is 26.5. The zero-order valence-corrected chi connectivity index (χ0v) is 20.5. The molecule has 3 aromatic carbocycles. The maximum absolute atomic E-state index is 13.6. The summed E-state index contributed by atoms with van der Waals surface area (Å²) in [5.41, 5.74) is 6.33. The van der Waals surface area contributed by atoms with E-state index in [0.717, 1.165) is 23.7 Å². The molecule has 2 saturated heterocycles. The summed E-state index contributed by atoms with van der Waals surface area (Å²) in [5.74, 6) is 0.100. The fourth-order valence-electron chi connectivity index (χ4n) is 6.88. The zero-order valence-electron chi connectivity index (χ0n) is 20.5. The maximum atomic E-state index is 13.6. The molecule has 1 amide bonds. The molecule has 2 aliphatic heterocycles. The Labute approximate surface area is 216 Å². The number of benzene rings is 3. The number of hydrogen-bond donors (Lipinski definition) is 0. The van der Waals surface area contributed by atoms with Gasteiger partial charge in [0.15, 0.2) is 5.78 Å². The van der Waals surface area contributed by atoms with Crippen LogP contribution in [0.25, 0.3) is 22.0 Å². The molecule has 2 fully saturated rings. The highest BCUT2D eigenvalue weighted by Gasteiger charge is 2.46. The maximum Gasteiger partial charge on any atom is 0.410 e. The van der Waals surface area contributed by atoms with E-state index in [4.69, 9.17) is 4.74 Å². The minimum Gasteiger partial charge on any atom is -0.448 e. The number of carbonyl (C=O) groups excluding carboxylic acids is 2. The SMILES string of the molecule is O=C(c1cccc2cccnc12)C1CC2CCC(C1)N2C(=O)OCC1c2ccccc2-c2ccccc21. The smallest absolute Gasteiger partial charge is 0.410 e. The topological polar surface area (TPSA) is 59.5 Å². The molecule has 3 heterocycles. The summed E-state index contributed by atoms with van der Waals surface area (Å²) in [6.07, 6.45) is 4.71. The molecule has 0 spiro atoms. The Balaban J connectivity index is 1.06. The summed E-state index contributed by atoms with van der Waals surface area (Å²) in [7, 11) is 0. The van der Waals surface area contributed by atoms with E-state index in [9.17, 15) is 9.59 Å². The number of piperidine rings is 1. The molecule has 7 rings (SSSR count). The summed E-state index contributed by atoms with van der Waals surface area (Å²) < 4.78 is 5.99. The second kappa shape index (κ2) is 8.84. The number of pyridine rings is 1. The Morgan fingerprint density at radius 1 is 0.811 bits per heavy atom. The van der Waals surface area contributed by atoms with Crippen molar-refractivity contribution in [2.45, 2.75) is 43.7 Å². The van der Waals surface area contributed by atoms with Gasteiger partial charge in [0.25, 0.3) is 0 Å². The van der Waals surface area contributed by atoms with Crippen molar-refractivity contribution < 1.29 is 14.3 Å². The third-order valence-corrected chi connectivity index (χ3v) is 8.55. The monoisotopic (exact) mass is 488 g/mol. The number of Topliss-reactive ketones (excluding diaryl/α,β-unsaturated/α-hetero) is 1.